The monoisotopic (exact) mass is 235 g/mol. The van der Waals surface area contributed by atoms with Crippen molar-refractivity contribution in [1.29, 1.82) is 0 Å². The summed E-state index contributed by atoms with van der Waals surface area (Å²) in [5, 5.41) is 0. The predicted octanol–water partition coefficient (Wildman–Crippen LogP) is 2.46. The Bertz CT molecular complexity index is 325. The van der Waals surface area contributed by atoms with Crippen molar-refractivity contribution < 1.29 is 0 Å². The van der Waals surface area contributed by atoms with Gasteiger partial charge in [0.1, 0.15) is 5.82 Å². The van der Waals surface area contributed by atoms with E-state index in [4.69, 9.17) is 5.73 Å². The van der Waals surface area contributed by atoms with E-state index >= 15 is 0 Å². The van der Waals surface area contributed by atoms with Gasteiger partial charge in [0.25, 0.3) is 0 Å². The summed E-state index contributed by atoms with van der Waals surface area (Å²) in [6.45, 7) is 9.45. The summed E-state index contributed by atoms with van der Waals surface area (Å²) in [6.07, 6.45) is 3.98. The van der Waals surface area contributed by atoms with Crippen LogP contribution < -0.4 is 10.6 Å². The van der Waals surface area contributed by atoms with E-state index in [1.54, 1.807) is 0 Å². The van der Waals surface area contributed by atoms with Crippen LogP contribution in [-0.4, -0.2) is 24.6 Å². The minimum Gasteiger partial charge on any atom is -0.356 e. The van der Waals surface area contributed by atoms with Gasteiger partial charge in [0.05, 0.1) is 0 Å². The third-order valence-corrected chi connectivity index (χ3v) is 3.19. The molecule has 3 heteroatoms. The summed E-state index contributed by atoms with van der Waals surface area (Å²) < 4.78 is 0. The third kappa shape index (κ3) is 4.00. The van der Waals surface area contributed by atoms with E-state index in [0.717, 1.165) is 25.3 Å². The second kappa shape index (κ2) is 7.28. The molecular weight excluding hydrogens is 210 g/mol. The minimum absolute atomic E-state index is 0.680. The second-order valence-corrected chi connectivity index (χ2v) is 4.58. The highest BCUT2D eigenvalue weighted by Crippen LogP contribution is 2.19. The quantitative estimate of drug-likeness (QED) is 0.789. The highest BCUT2D eigenvalue weighted by Gasteiger charge is 2.12. The lowest BCUT2D eigenvalue weighted by atomic mass is 10.1. The van der Waals surface area contributed by atoms with Crippen molar-refractivity contribution in [2.75, 3.05) is 24.5 Å². The van der Waals surface area contributed by atoms with Crippen LogP contribution in [0.5, 0.6) is 0 Å². The van der Waals surface area contributed by atoms with E-state index in [-0.39, 0.29) is 0 Å². The zero-order valence-electron chi connectivity index (χ0n) is 11.3. The molecule has 0 saturated heterocycles. The fourth-order valence-corrected chi connectivity index (χ4v) is 1.94. The first-order valence-electron chi connectivity index (χ1n) is 6.61. The van der Waals surface area contributed by atoms with Crippen LogP contribution in [0.25, 0.3) is 0 Å². The molecule has 0 aromatic carbocycles. The Morgan fingerprint density at radius 2 is 2.18 bits per heavy atom. The zero-order chi connectivity index (χ0) is 12.7. The Morgan fingerprint density at radius 1 is 1.41 bits per heavy atom. The summed E-state index contributed by atoms with van der Waals surface area (Å²) in [5.41, 5.74) is 6.92. The van der Waals surface area contributed by atoms with E-state index in [0.29, 0.717) is 12.5 Å². The fourth-order valence-electron chi connectivity index (χ4n) is 1.94. The molecule has 1 heterocycles. The molecule has 0 radical (unpaired) electrons. The first kappa shape index (κ1) is 14.0. The number of pyridine rings is 1. The lowest BCUT2D eigenvalue weighted by Gasteiger charge is -2.27. The molecule has 1 aromatic rings. The van der Waals surface area contributed by atoms with Crippen LogP contribution in [-0.2, 0) is 6.42 Å². The van der Waals surface area contributed by atoms with Crippen LogP contribution in [0.15, 0.2) is 18.3 Å². The maximum Gasteiger partial charge on any atom is 0.131 e. The lowest BCUT2D eigenvalue weighted by molar-refractivity contribution is 0.544. The van der Waals surface area contributed by atoms with Gasteiger partial charge in [0.15, 0.2) is 0 Å². The van der Waals surface area contributed by atoms with Crippen LogP contribution in [0.3, 0.4) is 0 Å². The van der Waals surface area contributed by atoms with Gasteiger partial charge in [-0.1, -0.05) is 26.3 Å². The van der Waals surface area contributed by atoms with Crippen molar-refractivity contribution in [2.24, 2.45) is 11.7 Å². The lowest BCUT2D eigenvalue weighted by Crippen LogP contribution is -2.30. The summed E-state index contributed by atoms with van der Waals surface area (Å²) >= 11 is 0. The van der Waals surface area contributed by atoms with E-state index in [1.165, 1.54) is 12.0 Å². The molecule has 1 atom stereocenters. The maximum absolute atomic E-state index is 5.65. The third-order valence-electron chi connectivity index (χ3n) is 3.19. The van der Waals surface area contributed by atoms with E-state index < -0.39 is 0 Å². The molecule has 1 rings (SSSR count). The standard InChI is InChI=1S/C14H25N3/c1-4-12(3)11-17(5-2)14-13(8-9-15)7-6-10-16-14/h6-7,10,12H,4-5,8-9,11,15H2,1-3H3. The van der Waals surface area contributed by atoms with Crippen molar-refractivity contribution in [1.82, 2.24) is 4.98 Å². The first-order valence-corrected chi connectivity index (χ1v) is 6.61. The molecule has 0 bridgehead atoms. The van der Waals surface area contributed by atoms with Gasteiger partial charge in [-0.05, 0) is 37.4 Å². The molecule has 0 saturated carbocycles. The van der Waals surface area contributed by atoms with Crippen LogP contribution >= 0.6 is 0 Å². The van der Waals surface area contributed by atoms with Crippen molar-refractivity contribution in [2.45, 2.75) is 33.6 Å². The largest absolute Gasteiger partial charge is 0.356 e. The molecule has 1 unspecified atom stereocenters. The topological polar surface area (TPSA) is 42.2 Å². The summed E-state index contributed by atoms with van der Waals surface area (Å²) in [7, 11) is 0. The molecule has 0 aliphatic carbocycles. The normalized spacial score (nSPS) is 12.5. The van der Waals surface area contributed by atoms with Crippen molar-refractivity contribution in [3.63, 3.8) is 0 Å². The highest BCUT2D eigenvalue weighted by atomic mass is 15.2. The molecule has 0 spiro atoms. The Morgan fingerprint density at radius 3 is 2.76 bits per heavy atom. The SMILES string of the molecule is CCC(C)CN(CC)c1ncccc1CCN. The Balaban J connectivity index is 2.86. The molecular formula is C14H25N3. The molecule has 1 aromatic heterocycles. The van der Waals surface area contributed by atoms with Crippen LogP contribution in [0.4, 0.5) is 5.82 Å². The predicted molar refractivity (Wildman–Crippen MR) is 74.3 cm³/mol. The van der Waals surface area contributed by atoms with Gasteiger partial charge in [-0.25, -0.2) is 4.98 Å². The van der Waals surface area contributed by atoms with Crippen LogP contribution in [0.2, 0.25) is 0 Å². The second-order valence-electron chi connectivity index (χ2n) is 4.58. The maximum atomic E-state index is 5.65. The molecule has 0 aliphatic rings. The minimum atomic E-state index is 0.680. The molecule has 96 valence electrons. The number of nitrogens with zero attached hydrogens (tertiary/aromatic N) is 2. The smallest absolute Gasteiger partial charge is 0.131 e. The van der Waals surface area contributed by atoms with Crippen LogP contribution in [0, 0.1) is 5.92 Å². The van der Waals surface area contributed by atoms with Gasteiger partial charge < -0.3 is 10.6 Å². The van der Waals surface area contributed by atoms with E-state index in [9.17, 15) is 0 Å². The number of rotatable bonds is 7. The summed E-state index contributed by atoms with van der Waals surface area (Å²) in [5.74, 6) is 1.81. The van der Waals surface area contributed by atoms with E-state index in [2.05, 4.69) is 36.7 Å². The molecule has 0 amide bonds. The van der Waals surface area contributed by atoms with Crippen molar-refractivity contribution in [3.8, 4) is 0 Å². The van der Waals surface area contributed by atoms with Gasteiger partial charge in [0.2, 0.25) is 0 Å². The molecule has 17 heavy (non-hydrogen) atoms. The van der Waals surface area contributed by atoms with Crippen molar-refractivity contribution >= 4 is 5.82 Å². The Hall–Kier alpha value is -1.09. The van der Waals surface area contributed by atoms with Gasteiger partial charge in [-0.15, -0.1) is 0 Å². The van der Waals surface area contributed by atoms with Crippen molar-refractivity contribution in [3.05, 3.63) is 23.9 Å². The average molecular weight is 235 g/mol. The number of hydrogen-bond acceptors (Lipinski definition) is 3. The Kier molecular flexibility index (Phi) is 5.98. The van der Waals surface area contributed by atoms with Gasteiger partial charge >= 0.3 is 0 Å². The van der Waals surface area contributed by atoms with Gasteiger partial charge in [0, 0.05) is 19.3 Å². The zero-order valence-corrected chi connectivity index (χ0v) is 11.3. The van der Waals surface area contributed by atoms with E-state index in [1.807, 2.05) is 12.3 Å². The first-order chi connectivity index (χ1) is 8.22. The fraction of sp³-hybridized carbons (Fsp3) is 0.643. The molecule has 0 aliphatic heterocycles. The number of hydrogen-bond donors (Lipinski definition) is 1. The number of aromatic nitrogens is 1. The summed E-state index contributed by atoms with van der Waals surface area (Å²) in [6, 6.07) is 4.13. The van der Waals surface area contributed by atoms with Crippen LogP contribution in [0.1, 0.15) is 32.8 Å². The Labute approximate surface area is 105 Å². The number of anilines is 1. The highest BCUT2D eigenvalue weighted by molar-refractivity contribution is 5.46. The van der Waals surface area contributed by atoms with Gasteiger partial charge in [-0.2, -0.15) is 0 Å². The van der Waals surface area contributed by atoms with Gasteiger partial charge in [-0.3, -0.25) is 0 Å². The molecule has 2 N–H and O–H groups in total. The summed E-state index contributed by atoms with van der Waals surface area (Å²) in [4.78, 5) is 6.89. The number of nitrogens with two attached hydrogens (primary N) is 1. The average Bonchev–Trinajstić information content (AvgIpc) is 2.37. The molecule has 3 nitrogen and oxygen atoms in total. The molecule has 0 fully saturated rings.